The van der Waals surface area contributed by atoms with Crippen LogP contribution in [0, 0.1) is 5.92 Å². The quantitative estimate of drug-likeness (QED) is 0.561. The summed E-state index contributed by atoms with van der Waals surface area (Å²) in [6, 6.07) is 13.1. The van der Waals surface area contributed by atoms with Gasteiger partial charge in [-0.15, -0.1) is 11.8 Å². The number of benzene rings is 2. The van der Waals surface area contributed by atoms with Gasteiger partial charge in [-0.1, -0.05) is 32.3 Å². The van der Waals surface area contributed by atoms with Crippen molar-refractivity contribution in [1.29, 1.82) is 0 Å². The minimum absolute atomic E-state index is 0.0667. The van der Waals surface area contributed by atoms with Crippen LogP contribution in [-0.2, 0) is 9.59 Å². The molecule has 0 aromatic heterocycles. The fraction of sp³-hybridized carbons (Fsp3) is 0.417. The first-order chi connectivity index (χ1) is 15.1. The van der Waals surface area contributed by atoms with Crippen molar-refractivity contribution in [2.75, 3.05) is 17.4 Å². The molecule has 6 nitrogen and oxygen atoms in total. The van der Waals surface area contributed by atoms with Crippen LogP contribution < -0.4 is 20.1 Å². The van der Waals surface area contributed by atoms with Gasteiger partial charge in [0.2, 0.25) is 18.6 Å². The molecule has 1 atom stereocenters. The van der Waals surface area contributed by atoms with E-state index >= 15 is 0 Å². The van der Waals surface area contributed by atoms with Crippen molar-refractivity contribution in [3.8, 4) is 11.5 Å². The van der Waals surface area contributed by atoms with Crippen molar-refractivity contribution < 1.29 is 19.1 Å². The van der Waals surface area contributed by atoms with Crippen LogP contribution in [0.4, 0.5) is 11.4 Å². The van der Waals surface area contributed by atoms with Gasteiger partial charge in [-0.2, -0.15) is 0 Å². The van der Waals surface area contributed by atoms with Crippen LogP contribution in [0.5, 0.6) is 11.5 Å². The highest BCUT2D eigenvalue weighted by Crippen LogP contribution is 2.35. The molecule has 1 fully saturated rings. The molecule has 1 aliphatic carbocycles. The number of nitrogens with one attached hydrogen (secondary N) is 2. The van der Waals surface area contributed by atoms with Crippen LogP contribution in [0.25, 0.3) is 0 Å². The topological polar surface area (TPSA) is 76.7 Å². The minimum Gasteiger partial charge on any atom is -0.454 e. The molecule has 2 N–H and O–H groups in total. The molecule has 7 heteroatoms. The van der Waals surface area contributed by atoms with Gasteiger partial charge in [0.1, 0.15) is 0 Å². The molecule has 1 saturated carbocycles. The first-order valence-electron chi connectivity index (χ1n) is 10.9. The minimum atomic E-state index is -0.255. The van der Waals surface area contributed by atoms with Crippen LogP contribution >= 0.6 is 11.8 Å². The maximum Gasteiger partial charge on any atom is 0.237 e. The molecule has 4 rings (SSSR count). The number of carbonyl (C=O) groups excluding carboxylic acids is 2. The van der Waals surface area contributed by atoms with Gasteiger partial charge in [-0.3, -0.25) is 9.59 Å². The summed E-state index contributed by atoms with van der Waals surface area (Å²) < 4.78 is 10.7. The van der Waals surface area contributed by atoms with Gasteiger partial charge in [0.15, 0.2) is 11.5 Å². The highest BCUT2D eigenvalue weighted by atomic mass is 32.2. The zero-order valence-corrected chi connectivity index (χ0v) is 18.5. The van der Waals surface area contributed by atoms with E-state index in [9.17, 15) is 9.59 Å². The summed E-state index contributed by atoms with van der Waals surface area (Å²) in [6.45, 7) is 2.19. The monoisotopic (exact) mass is 440 g/mol. The van der Waals surface area contributed by atoms with Gasteiger partial charge in [-0.25, -0.2) is 0 Å². The molecular formula is C24H28N2O4S. The van der Waals surface area contributed by atoms with Crippen LogP contribution in [0.3, 0.4) is 0 Å². The van der Waals surface area contributed by atoms with E-state index in [1.165, 1.54) is 18.2 Å². The number of rotatable bonds is 7. The Morgan fingerprint density at radius 2 is 1.77 bits per heavy atom. The Kier molecular flexibility index (Phi) is 7.02. The molecule has 2 aliphatic rings. The second kappa shape index (κ2) is 10.1. The Labute approximate surface area is 187 Å². The maximum atomic E-state index is 12.8. The summed E-state index contributed by atoms with van der Waals surface area (Å²) in [5.41, 5.74) is 1.47. The number of amides is 2. The summed E-state index contributed by atoms with van der Waals surface area (Å²) in [5.74, 6) is 1.48. The lowest BCUT2D eigenvalue weighted by molar-refractivity contribution is -0.120. The predicted molar refractivity (Wildman–Crippen MR) is 123 cm³/mol. The van der Waals surface area contributed by atoms with E-state index in [1.807, 2.05) is 37.3 Å². The normalized spacial score (nSPS) is 16.5. The van der Waals surface area contributed by atoms with E-state index in [0.717, 1.165) is 36.3 Å². The van der Waals surface area contributed by atoms with E-state index in [-0.39, 0.29) is 29.8 Å². The molecule has 31 heavy (non-hydrogen) atoms. The second-order valence-electron chi connectivity index (χ2n) is 7.92. The van der Waals surface area contributed by atoms with Crippen molar-refractivity contribution in [1.82, 2.24) is 0 Å². The van der Waals surface area contributed by atoms with Crippen molar-refractivity contribution in [3.63, 3.8) is 0 Å². The lowest BCUT2D eigenvalue weighted by Gasteiger charge is -2.21. The lowest BCUT2D eigenvalue weighted by atomic mass is 9.88. The molecule has 2 amide bonds. The molecule has 164 valence electrons. The summed E-state index contributed by atoms with van der Waals surface area (Å²) in [6.07, 6.45) is 6.11. The zero-order valence-electron chi connectivity index (χ0n) is 17.7. The third kappa shape index (κ3) is 5.53. The average Bonchev–Trinajstić information content (AvgIpc) is 3.26. The number of ether oxygens (including phenoxy) is 2. The van der Waals surface area contributed by atoms with E-state index in [1.54, 1.807) is 12.1 Å². The van der Waals surface area contributed by atoms with Gasteiger partial charge in [0.05, 0.1) is 5.25 Å². The molecule has 0 spiro atoms. The Balaban J connectivity index is 1.37. The smallest absolute Gasteiger partial charge is 0.237 e. The van der Waals surface area contributed by atoms with Crippen molar-refractivity contribution >= 4 is 35.0 Å². The van der Waals surface area contributed by atoms with Crippen molar-refractivity contribution in [2.45, 2.75) is 55.6 Å². The molecule has 0 radical (unpaired) electrons. The molecular weight excluding hydrogens is 412 g/mol. The summed E-state index contributed by atoms with van der Waals surface area (Å²) in [4.78, 5) is 26.3. The van der Waals surface area contributed by atoms with Gasteiger partial charge in [-0.05, 0) is 49.6 Å². The van der Waals surface area contributed by atoms with E-state index < -0.39 is 0 Å². The summed E-state index contributed by atoms with van der Waals surface area (Å²) in [7, 11) is 0. The van der Waals surface area contributed by atoms with E-state index in [2.05, 4.69) is 10.6 Å². The number of anilines is 2. The van der Waals surface area contributed by atoms with E-state index in [0.29, 0.717) is 23.6 Å². The molecule has 0 saturated heterocycles. The fourth-order valence-corrected chi connectivity index (χ4v) is 4.95. The molecule has 2 aromatic carbocycles. The SMILES string of the molecule is CCC(Sc1cccc(NC(=O)C2CCCCC2)c1)C(=O)Nc1ccc2c(c1)OCO2. The summed E-state index contributed by atoms with van der Waals surface area (Å²) in [5, 5.41) is 5.77. The number of hydrogen-bond acceptors (Lipinski definition) is 5. The highest BCUT2D eigenvalue weighted by molar-refractivity contribution is 8.00. The number of thioether (sulfide) groups is 1. The van der Waals surface area contributed by atoms with Gasteiger partial charge < -0.3 is 20.1 Å². The predicted octanol–water partition coefficient (Wildman–Crippen LogP) is 5.44. The maximum absolute atomic E-state index is 12.8. The molecule has 1 unspecified atom stereocenters. The summed E-state index contributed by atoms with van der Waals surface area (Å²) >= 11 is 1.50. The average molecular weight is 441 g/mol. The van der Waals surface area contributed by atoms with Crippen molar-refractivity contribution in [2.24, 2.45) is 5.92 Å². The number of fused-ring (bicyclic) bond motifs is 1. The van der Waals surface area contributed by atoms with Crippen molar-refractivity contribution in [3.05, 3.63) is 42.5 Å². The third-order valence-electron chi connectivity index (χ3n) is 5.66. The van der Waals surface area contributed by atoms with Gasteiger partial charge in [0, 0.05) is 28.3 Å². The molecule has 2 aromatic rings. The van der Waals surface area contributed by atoms with Crippen LogP contribution in [0.2, 0.25) is 0 Å². The van der Waals surface area contributed by atoms with Crippen LogP contribution in [-0.4, -0.2) is 23.9 Å². The largest absolute Gasteiger partial charge is 0.454 e. The second-order valence-corrected chi connectivity index (χ2v) is 9.20. The van der Waals surface area contributed by atoms with Gasteiger partial charge >= 0.3 is 0 Å². The zero-order chi connectivity index (χ0) is 21.6. The Morgan fingerprint density at radius 1 is 1.00 bits per heavy atom. The lowest BCUT2D eigenvalue weighted by Crippen LogP contribution is -2.25. The first-order valence-corrected chi connectivity index (χ1v) is 11.8. The highest BCUT2D eigenvalue weighted by Gasteiger charge is 2.22. The molecule has 1 aliphatic heterocycles. The Bertz CT molecular complexity index is 943. The Morgan fingerprint density at radius 3 is 2.58 bits per heavy atom. The Hall–Kier alpha value is -2.67. The molecule has 0 bridgehead atoms. The fourth-order valence-electron chi connectivity index (χ4n) is 3.94. The standard InChI is InChI=1S/C24H28N2O4S/c1-2-22(24(28)26-18-11-12-20-21(14-18)30-15-29-20)31-19-10-6-9-17(13-19)25-23(27)16-7-4-3-5-8-16/h6,9-14,16,22H,2-5,7-8,15H2,1H3,(H,25,27)(H,26,28). The number of carbonyl (C=O) groups is 2. The molecule has 1 heterocycles. The van der Waals surface area contributed by atoms with Gasteiger partial charge in [0.25, 0.3) is 0 Å². The first kappa shape index (κ1) is 21.6. The van der Waals surface area contributed by atoms with E-state index in [4.69, 9.17) is 9.47 Å². The number of hydrogen-bond donors (Lipinski definition) is 2. The van der Waals surface area contributed by atoms with Crippen LogP contribution in [0.1, 0.15) is 45.4 Å². The third-order valence-corrected chi connectivity index (χ3v) is 7.02. The van der Waals surface area contributed by atoms with Crippen LogP contribution in [0.15, 0.2) is 47.4 Å².